The minimum atomic E-state index is -0.838. The summed E-state index contributed by atoms with van der Waals surface area (Å²) in [5.74, 6) is 1.51. The molecule has 1 N–H and O–H groups in total. The summed E-state index contributed by atoms with van der Waals surface area (Å²) >= 11 is 0. The van der Waals surface area contributed by atoms with Gasteiger partial charge in [0.25, 0.3) is 0 Å². The molecule has 24 heavy (non-hydrogen) atoms. The molecule has 1 fully saturated rings. The summed E-state index contributed by atoms with van der Waals surface area (Å²) in [5, 5.41) is 13.8. The summed E-state index contributed by atoms with van der Waals surface area (Å²) in [6.07, 6.45) is 2.96. The quantitative estimate of drug-likeness (QED) is 0.936. The van der Waals surface area contributed by atoms with E-state index in [4.69, 9.17) is 4.98 Å². The minimum Gasteiger partial charge on any atom is -0.465 e. The van der Waals surface area contributed by atoms with Gasteiger partial charge in [0.1, 0.15) is 5.82 Å². The van der Waals surface area contributed by atoms with Crippen LogP contribution in [0.4, 0.5) is 10.6 Å². The van der Waals surface area contributed by atoms with Crippen LogP contribution in [0.25, 0.3) is 5.65 Å². The van der Waals surface area contributed by atoms with Crippen molar-refractivity contribution in [2.75, 3.05) is 24.5 Å². The fourth-order valence-electron chi connectivity index (χ4n) is 3.29. The molecule has 7 nitrogen and oxygen atoms in total. The van der Waals surface area contributed by atoms with Crippen molar-refractivity contribution in [3.8, 4) is 0 Å². The Bertz CT molecular complexity index is 740. The van der Waals surface area contributed by atoms with E-state index in [2.05, 4.69) is 37.7 Å². The van der Waals surface area contributed by atoms with Gasteiger partial charge < -0.3 is 14.9 Å². The van der Waals surface area contributed by atoms with Crippen molar-refractivity contribution >= 4 is 17.6 Å². The van der Waals surface area contributed by atoms with E-state index in [0.29, 0.717) is 25.6 Å². The number of nitrogens with zero attached hydrogens (tertiary/aromatic N) is 5. The van der Waals surface area contributed by atoms with E-state index in [1.165, 1.54) is 0 Å². The van der Waals surface area contributed by atoms with Crippen LogP contribution in [0.15, 0.2) is 18.5 Å². The maximum Gasteiger partial charge on any atom is 0.407 e. The Labute approximate surface area is 141 Å². The first-order chi connectivity index (χ1) is 11.4. The largest absolute Gasteiger partial charge is 0.465 e. The van der Waals surface area contributed by atoms with Gasteiger partial charge in [0.05, 0.1) is 12.2 Å². The molecule has 0 saturated carbocycles. The van der Waals surface area contributed by atoms with Gasteiger partial charge in [-0.2, -0.15) is 5.10 Å². The smallest absolute Gasteiger partial charge is 0.407 e. The molecule has 1 amide bonds. The summed E-state index contributed by atoms with van der Waals surface area (Å²) in [4.78, 5) is 20.0. The Morgan fingerprint density at radius 2 is 2.04 bits per heavy atom. The first-order valence-corrected chi connectivity index (χ1v) is 8.47. The van der Waals surface area contributed by atoms with Crippen LogP contribution in [0.3, 0.4) is 0 Å². The average Bonchev–Trinajstić information content (AvgIpc) is 2.97. The fourth-order valence-corrected chi connectivity index (χ4v) is 3.29. The number of carbonyl (C=O) groups is 1. The van der Waals surface area contributed by atoms with Crippen LogP contribution in [0, 0.1) is 5.92 Å². The zero-order valence-corrected chi connectivity index (χ0v) is 14.7. The van der Waals surface area contributed by atoms with E-state index in [1.807, 2.05) is 18.5 Å². The third kappa shape index (κ3) is 2.90. The molecule has 0 aliphatic carbocycles. The second-order valence-corrected chi connectivity index (χ2v) is 7.04. The van der Waals surface area contributed by atoms with Crippen LogP contribution in [-0.4, -0.2) is 56.4 Å². The molecule has 130 valence electrons. The molecule has 2 aromatic heterocycles. The summed E-state index contributed by atoms with van der Waals surface area (Å²) in [6.45, 7) is 10.2. The normalized spacial score (nSPS) is 18.8. The Morgan fingerprint density at radius 1 is 1.29 bits per heavy atom. The number of amides is 1. The van der Waals surface area contributed by atoms with Gasteiger partial charge in [-0.25, -0.2) is 14.3 Å². The molecule has 1 aliphatic rings. The van der Waals surface area contributed by atoms with Crippen LogP contribution in [0.2, 0.25) is 0 Å². The van der Waals surface area contributed by atoms with Crippen LogP contribution < -0.4 is 4.90 Å². The lowest BCUT2D eigenvalue weighted by atomic mass is 10.00. The highest BCUT2D eigenvalue weighted by atomic mass is 16.4. The molecule has 2 aromatic rings. The second kappa shape index (κ2) is 6.30. The Balaban J connectivity index is 1.90. The fraction of sp³-hybridized carbons (Fsp3) is 0.588. The molecule has 1 atom stereocenters. The van der Waals surface area contributed by atoms with Crippen molar-refractivity contribution in [2.24, 2.45) is 5.92 Å². The molecule has 0 aromatic carbocycles. The number of fused-ring (bicyclic) bond motifs is 1. The van der Waals surface area contributed by atoms with Gasteiger partial charge >= 0.3 is 6.09 Å². The molecule has 0 spiro atoms. The number of hydrogen-bond donors (Lipinski definition) is 1. The van der Waals surface area contributed by atoms with Crippen molar-refractivity contribution in [3.63, 3.8) is 0 Å². The van der Waals surface area contributed by atoms with E-state index in [9.17, 15) is 9.90 Å². The molecule has 0 bridgehead atoms. The molecule has 7 heteroatoms. The number of rotatable bonds is 3. The van der Waals surface area contributed by atoms with Crippen LogP contribution in [0.1, 0.15) is 39.2 Å². The first kappa shape index (κ1) is 16.5. The van der Waals surface area contributed by atoms with Gasteiger partial charge in [0, 0.05) is 31.4 Å². The molecular formula is C17H25N5O2. The first-order valence-electron chi connectivity index (χ1n) is 8.47. The SMILES string of the molecule is CC(C)c1cnn2ccc(N3CCN(C(=O)O)C(C(C)C)C3)nc12. The van der Waals surface area contributed by atoms with Crippen LogP contribution >= 0.6 is 0 Å². The maximum atomic E-state index is 11.5. The number of piperazine rings is 1. The zero-order chi connectivity index (χ0) is 17.4. The van der Waals surface area contributed by atoms with Gasteiger partial charge in [-0.05, 0) is 17.9 Å². The van der Waals surface area contributed by atoms with E-state index >= 15 is 0 Å². The molecular weight excluding hydrogens is 306 g/mol. The zero-order valence-electron chi connectivity index (χ0n) is 14.7. The molecule has 1 saturated heterocycles. The summed E-state index contributed by atoms with van der Waals surface area (Å²) in [7, 11) is 0. The van der Waals surface area contributed by atoms with E-state index in [-0.39, 0.29) is 12.0 Å². The number of hydrogen-bond acceptors (Lipinski definition) is 4. The Kier molecular flexibility index (Phi) is 4.34. The molecule has 1 aliphatic heterocycles. The highest BCUT2D eigenvalue weighted by Crippen LogP contribution is 2.24. The lowest BCUT2D eigenvalue weighted by molar-refractivity contribution is 0.102. The van der Waals surface area contributed by atoms with Gasteiger partial charge in [0.15, 0.2) is 5.65 Å². The highest BCUT2D eigenvalue weighted by Gasteiger charge is 2.33. The van der Waals surface area contributed by atoms with Crippen molar-refractivity contribution in [2.45, 2.75) is 39.7 Å². The Morgan fingerprint density at radius 3 is 2.67 bits per heavy atom. The van der Waals surface area contributed by atoms with Crippen molar-refractivity contribution < 1.29 is 9.90 Å². The van der Waals surface area contributed by atoms with E-state index < -0.39 is 6.09 Å². The Hall–Kier alpha value is -2.31. The van der Waals surface area contributed by atoms with Gasteiger partial charge in [-0.3, -0.25) is 0 Å². The number of carboxylic acid groups (broad SMARTS) is 1. The monoisotopic (exact) mass is 331 g/mol. The van der Waals surface area contributed by atoms with Gasteiger partial charge in [-0.1, -0.05) is 27.7 Å². The third-order valence-electron chi connectivity index (χ3n) is 4.76. The van der Waals surface area contributed by atoms with Crippen molar-refractivity contribution in [3.05, 3.63) is 24.0 Å². The number of anilines is 1. The van der Waals surface area contributed by atoms with E-state index in [0.717, 1.165) is 17.0 Å². The average molecular weight is 331 g/mol. The van der Waals surface area contributed by atoms with Crippen LogP contribution in [-0.2, 0) is 0 Å². The third-order valence-corrected chi connectivity index (χ3v) is 4.76. The predicted octanol–water partition coefficient (Wildman–Crippen LogP) is 2.68. The molecule has 3 rings (SSSR count). The van der Waals surface area contributed by atoms with Crippen molar-refractivity contribution in [1.82, 2.24) is 19.5 Å². The summed E-state index contributed by atoms with van der Waals surface area (Å²) in [6, 6.07) is 1.93. The van der Waals surface area contributed by atoms with Crippen molar-refractivity contribution in [1.29, 1.82) is 0 Å². The van der Waals surface area contributed by atoms with Gasteiger partial charge in [0.2, 0.25) is 0 Å². The lowest BCUT2D eigenvalue weighted by Crippen LogP contribution is -2.57. The molecule has 3 heterocycles. The molecule has 0 radical (unpaired) electrons. The van der Waals surface area contributed by atoms with Crippen LogP contribution in [0.5, 0.6) is 0 Å². The topological polar surface area (TPSA) is 74.0 Å². The van der Waals surface area contributed by atoms with Gasteiger partial charge in [-0.15, -0.1) is 0 Å². The summed E-state index contributed by atoms with van der Waals surface area (Å²) < 4.78 is 1.80. The minimum absolute atomic E-state index is 0.0243. The number of aromatic nitrogens is 3. The maximum absolute atomic E-state index is 11.5. The summed E-state index contributed by atoms with van der Waals surface area (Å²) in [5.41, 5.74) is 2.01. The highest BCUT2D eigenvalue weighted by molar-refractivity contribution is 5.66. The molecule has 1 unspecified atom stereocenters. The van der Waals surface area contributed by atoms with E-state index in [1.54, 1.807) is 9.42 Å². The lowest BCUT2D eigenvalue weighted by Gasteiger charge is -2.42. The second-order valence-electron chi connectivity index (χ2n) is 7.04. The predicted molar refractivity (Wildman–Crippen MR) is 92.6 cm³/mol. The standard InChI is InChI=1S/C17H25N5O2/c1-11(2)13-9-18-22-6-5-15(19-16(13)22)20-7-8-21(17(23)24)14(10-20)12(3)4/h5-6,9,11-12,14H,7-8,10H2,1-4H3,(H,23,24).